The van der Waals surface area contributed by atoms with E-state index in [9.17, 15) is 4.79 Å². The number of rotatable bonds is 5. The molecule has 1 rings (SSSR count). The third kappa shape index (κ3) is 3.46. The first-order valence-corrected chi connectivity index (χ1v) is 5.67. The zero-order valence-electron chi connectivity index (χ0n) is 7.87. The van der Waals surface area contributed by atoms with E-state index < -0.39 is 5.91 Å². The summed E-state index contributed by atoms with van der Waals surface area (Å²) in [4.78, 5) is 14.7. The van der Waals surface area contributed by atoms with Crippen LogP contribution in [0.4, 0.5) is 0 Å². The quantitative estimate of drug-likeness (QED) is 0.647. The van der Waals surface area contributed by atoms with Gasteiger partial charge < -0.3 is 5.73 Å². The van der Waals surface area contributed by atoms with Crippen LogP contribution in [0.3, 0.4) is 0 Å². The Balaban J connectivity index is 2.51. The topological polar surface area (TPSA) is 56.0 Å². The van der Waals surface area contributed by atoms with E-state index in [2.05, 4.69) is 20.9 Å². The van der Waals surface area contributed by atoms with Gasteiger partial charge in [0, 0.05) is 11.5 Å². The molecule has 0 aliphatic heterocycles. The molecule has 0 saturated heterocycles. The van der Waals surface area contributed by atoms with Gasteiger partial charge >= 0.3 is 0 Å². The number of amides is 1. The van der Waals surface area contributed by atoms with Gasteiger partial charge in [-0.1, -0.05) is 22.0 Å². The second kappa shape index (κ2) is 5.75. The van der Waals surface area contributed by atoms with Gasteiger partial charge in [0.2, 0.25) is 0 Å². The van der Waals surface area contributed by atoms with E-state index in [4.69, 9.17) is 5.73 Å². The highest BCUT2D eigenvalue weighted by molar-refractivity contribution is 9.09. The molecule has 0 spiro atoms. The van der Waals surface area contributed by atoms with Gasteiger partial charge in [0.1, 0.15) is 5.69 Å². The fraction of sp³-hybridized carbons (Fsp3) is 0.400. The van der Waals surface area contributed by atoms with E-state index in [-0.39, 0.29) is 0 Å². The van der Waals surface area contributed by atoms with Crippen molar-refractivity contribution < 1.29 is 4.79 Å². The number of carbonyl (C=O) groups is 1. The van der Waals surface area contributed by atoms with E-state index in [0.717, 1.165) is 30.2 Å². The largest absolute Gasteiger partial charge is 0.364 e. The van der Waals surface area contributed by atoms with Crippen LogP contribution in [0.2, 0.25) is 0 Å². The molecule has 0 aliphatic rings. The number of aromatic nitrogens is 1. The Morgan fingerprint density at radius 2 is 2.21 bits per heavy atom. The normalized spacial score (nSPS) is 10.1. The highest BCUT2D eigenvalue weighted by atomic mass is 79.9. The average molecular weight is 257 g/mol. The smallest absolute Gasteiger partial charge is 0.267 e. The van der Waals surface area contributed by atoms with Crippen LogP contribution in [0.25, 0.3) is 0 Å². The van der Waals surface area contributed by atoms with E-state index >= 15 is 0 Å². The van der Waals surface area contributed by atoms with Crippen molar-refractivity contribution in [2.75, 3.05) is 5.33 Å². The number of primary amides is 1. The Bertz CT molecular complexity index is 297. The molecule has 1 aromatic rings. The van der Waals surface area contributed by atoms with Gasteiger partial charge in [-0.05, 0) is 30.9 Å². The molecule has 0 atom stereocenters. The molecule has 3 nitrogen and oxygen atoms in total. The number of halogens is 1. The van der Waals surface area contributed by atoms with Gasteiger partial charge in [0.05, 0.1) is 0 Å². The van der Waals surface area contributed by atoms with Gasteiger partial charge in [0.15, 0.2) is 0 Å². The molecule has 0 unspecified atom stereocenters. The third-order valence-electron chi connectivity index (χ3n) is 1.93. The van der Waals surface area contributed by atoms with Gasteiger partial charge in [-0.3, -0.25) is 9.78 Å². The zero-order chi connectivity index (χ0) is 10.4. The lowest BCUT2D eigenvalue weighted by Gasteiger charge is -2.00. The number of hydrogen-bond donors (Lipinski definition) is 1. The summed E-state index contributed by atoms with van der Waals surface area (Å²) in [5, 5.41) is 1.03. The molecular weight excluding hydrogens is 244 g/mol. The lowest BCUT2D eigenvalue weighted by atomic mass is 10.1. The molecule has 0 bridgehead atoms. The molecule has 4 heteroatoms. The van der Waals surface area contributed by atoms with Crippen LogP contribution in [0.5, 0.6) is 0 Å². The van der Waals surface area contributed by atoms with Gasteiger partial charge in [-0.2, -0.15) is 0 Å². The van der Waals surface area contributed by atoms with Crippen LogP contribution in [0, 0.1) is 0 Å². The van der Waals surface area contributed by atoms with Gasteiger partial charge in [-0.15, -0.1) is 0 Å². The van der Waals surface area contributed by atoms with Crippen molar-refractivity contribution in [3.8, 4) is 0 Å². The first-order chi connectivity index (χ1) is 6.74. The first kappa shape index (κ1) is 11.2. The molecule has 14 heavy (non-hydrogen) atoms. The number of aryl methyl sites for hydroxylation is 1. The highest BCUT2D eigenvalue weighted by Gasteiger charge is 2.00. The predicted molar refractivity (Wildman–Crippen MR) is 59.5 cm³/mol. The number of hydrogen-bond acceptors (Lipinski definition) is 2. The van der Waals surface area contributed by atoms with Crippen molar-refractivity contribution in [3.63, 3.8) is 0 Å². The lowest BCUT2D eigenvalue weighted by molar-refractivity contribution is 0.0995. The van der Waals surface area contributed by atoms with E-state index in [1.807, 2.05) is 6.07 Å². The molecule has 0 aliphatic carbocycles. The maximum absolute atomic E-state index is 10.7. The Hall–Kier alpha value is -0.900. The number of unbranched alkanes of at least 4 members (excludes halogenated alkanes) is 1. The zero-order valence-corrected chi connectivity index (χ0v) is 9.46. The van der Waals surface area contributed by atoms with E-state index in [0.29, 0.717) is 5.69 Å². The standard InChI is InChI=1S/C10H13BrN2O/c11-6-2-1-3-8-4-5-9(10(12)14)13-7-8/h4-5,7H,1-3,6H2,(H2,12,14). The van der Waals surface area contributed by atoms with Crippen molar-refractivity contribution in [1.29, 1.82) is 0 Å². The third-order valence-corrected chi connectivity index (χ3v) is 2.49. The minimum absolute atomic E-state index is 0.328. The second-order valence-electron chi connectivity index (χ2n) is 3.06. The molecule has 0 aromatic carbocycles. The van der Waals surface area contributed by atoms with Crippen LogP contribution in [0.1, 0.15) is 28.9 Å². The lowest BCUT2D eigenvalue weighted by Crippen LogP contribution is -2.12. The van der Waals surface area contributed by atoms with Crippen LogP contribution in [-0.2, 0) is 6.42 Å². The summed E-state index contributed by atoms with van der Waals surface area (Å²) in [6, 6.07) is 3.58. The Labute approximate surface area is 91.8 Å². The molecule has 1 aromatic heterocycles. The molecule has 0 radical (unpaired) electrons. The number of pyridine rings is 1. The monoisotopic (exact) mass is 256 g/mol. The predicted octanol–water partition coefficient (Wildman–Crippen LogP) is 1.90. The molecule has 1 amide bonds. The van der Waals surface area contributed by atoms with E-state index in [1.54, 1.807) is 12.3 Å². The van der Waals surface area contributed by atoms with E-state index in [1.165, 1.54) is 0 Å². The fourth-order valence-electron chi connectivity index (χ4n) is 1.14. The summed E-state index contributed by atoms with van der Waals surface area (Å²) in [6.45, 7) is 0. The van der Waals surface area contributed by atoms with Crippen molar-refractivity contribution in [1.82, 2.24) is 4.98 Å². The highest BCUT2D eigenvalue weighted by Crippen LogP contribution is 2.05. The molecular formula is C10H13BrN2O. The van der Waals surface area contributed by atoms with Crippen molar-refractivity contribution >= 4 is 21.8 Å². The number of carbonyl (C=O) groups excluding carboxylic acids is 1. The minimum atomic E-state index is -0.475. The van der Waals surface area contributed by atoms with Crippen LogP contribution < -0.4 is 5.73 Å². The molecule has 0 saturated carbocycles. The Morgan fingerprint density at radius 3 is 2.71 bits per heavy atom. The minimum Gasteiger partial charge on any atom is -0.364 e. The summed E-state index contributed by atoms with van der Waals surface area (Å²) in [5.41, 5.74) is 6.55. The second-order valence-corrected chi connectivity index (χ2v) is 3.86. The summed E-state index contributed by atoms with van der Waals surface area (Å²) >= 11 is 3.38. The fourth-order valence-corrected chi connectivity index (χ4v) is 1.54. The average Bonchev–Trinajstić information content (AvgIpc) is 2.19. The maximum atomic E-state index is 10.7. The first-order valence-electron chi connectivity index (χ1n) is 4.54. The van der Waals surface area contributed by atoms with Gasteiger partial charge in [0.25, 0.3) is 5.91 Å². The summed E-state index contributed by atoms with van der Waals surface area (Å²) in [7, 11) is 0. The Morgan fingerprint density at radius 1 is 1.43 bits per heavy atom. The van der Waals surface area contributed by atoms with Crippen molar-refractivity contribution in [2.24, 2.45) is 5.73 Å². The van der Waals surface area contributed by atoms with Crippen LogP contribution in [0.15, 0.2) is 18.3 Å². The molecule has 76 valence electrons. The summed E-state index contributed by atoms with van der Waals surface area (Å²) in [5.74, 6) is -0.475. The van der Waals surface area contributed by atoms with Crippen molar-refractivity contribution in [3.05, 3.63) is 29.6 Å². The van der Waals surface area contributed by atoms with Crippen molar-refractivity contribution in [2.45, 2.75) is 19.3 Å². The SMILES string of the molecule is NC(=O)c1ccc(CCCCBr)cn1. The number of alkyl halides is 1. The summed E-state index contributed by atoms with van der Waals surface area (Å²) in [6.07, 6.45) is 4.99. The summed E-state index contributed by atoms with van der Waals surface area (Å²) < 4.78 is 0. The molecule has 2 N–H and O–H groups in total. The van der Waals surface area contributed by atoms with Gasteiger partial charge in [-0.25, -0.2) is 0 Å². The number of nitrogens with zero attached hydrogens (tertiary/aromatic N) is 1. The molecule has 0 fully saturated rings. The Kier molecular flexibility index (Phi) is 4.59. The maximum Gasteiger partial charge on any atom is 0.267 e. The van der Waals surface area contributed by atoms with Crippen LogP contribution >= 0.6 is 15.9 Å². The number of nitrogens with two attached hydrogens (primary N) is 1. The molecule has 1 heterocycles. The van der Waals surface area contributed by atoms with Crippen LogP contribution in [-0.4, -0.2) is 16.2 Å².